The van der Waals surface area contributed by atoms with Crippen molar-refractivity contribution in [3.05, 3.63) is 59.7 Å². The Hall–Kier alpha value is -4.30. The van der Waals surface area contributed by atoms with Crippen molar-refractivity contribution in [2.24, 2.45) is 15.5 Å². The van der Waals surface area contributed by atoms with Crippen molar-refractivity contribution in [3.63, 3.8) is 0 Å². The Labute approximate surface area is 296 Å². The van der Waals surface area contributed by atoms with Gasteiger partial charge < -0.3 is 19.7 Å². The van der Waals surface area contributed by atoms with Gasteiger partial charge in [-0.1, -0.05) is 41.0 Å². The van der Waals surface area contributed by atoms with Crippen LogP contribution in [0, 0.1) is 12.3 Å². The first-order chi connectivity index (χ1) is 23.6. The summed E-state index contributed by atoms with van der Waals surface area (Å²) in [6.07, 6.45) is 2.52. The molecule has 2 heterocycles. The fourth-order valence-corrected chi connectivity index (χ4v) is 5.68. The predicted molar refractivity (Wildman–Crippen MR) is 199 cm³/mol. The minimum Gasteiger partial charge on any atom is -0.494 e. The average molecular weight is 709 g/mol. The maximum Gasteiger partial charge on any atom is 0.260 e. The molecule has 1 aromatic heterocycles. The second-order valence-corrected chi connectivity index (χ2v) is 15.5. The Balaban J connectivity index is 1.44. The Morgan fingerprint density at radius 3 is 2.40 bits per heavy atom. The van der Waals surface area contributed by atoms with Crippen molar-refractivity contribution in [1.82, 2.24) is 24.9 Å². The molecule has 3 aromatic rings. The number of fused-ring (bicyclic) bond motifs is 1. The quantitative estimate of drug-likeness (QED) is 0.181. The number of aryl methyl sites for hydroxylation is 1. The van der Waals surface area contributed by atoms with Crippen LogP contribution in [0.4, 0.5) is 11.4 Å². The van der Waals surface area contributed by atoms with Crippen LogP contribution in [0.25, 0.3) is 0 Å². The smallest absolute Gasteiger partial charge is 0.260 e. The molecule has 4 rings (SSSR count). The van der Waals surface area contributed by atoms with Crippen LogP contribution < -0.4 is 24.4 Å². The molecule has 0 saturated carbocycles. The molecular formula is C36H52N8O5S. The first-order valence-corrected chi connectivity index (χ1v) is 19.1. The van der Waals surface area contributed by atoms with Gasteiger partial charge in [-0.3, -0.25) is 4.79 Å². The number of likely N-dealkylation sites (N-methyl/N-ethyl adjacent to an activating group) is 1. The third kappa shape index (κ3) is 10.4. The molecule has 0 bridgehead atoms. The van der Waals surface area contributed by atoms with Gasteiger partial charge in [0.05, 0.1) is 24.3 Å². The molecule has 1 aliphatic heterocycles. The molecule has 0 spiro atoms. The second kappa shape index (κ2) is 16.6. The van der Waals surface area contributed by atoms with E-state index in [9.17, 15) is 13.2 Å². The first-order valence-electron chi connectivity index (χ1n) is 17.2. The fraction of sp³-hybridized carbons (Fsp3) is 0.528. The van der Waals surface area contributed by atoms with Gasteiger partial charge >= 0.3 is 0 Å². The SMILES string of the molecule is CCCCOc1ccc(OC(C)C(=O)NCC(C)c2nc3n(n2)N=C(C(C)(C)C)C3=Nc2ccc(N(CC)CCNS(C)(=O)=O)cc2C)cc1. The van der Waals surface area contributed by atoms with Crippen molar-refractivity contribution in [1.29, 1.82) is 0 Å². The summed E-state index contributed by atoms with van der Waals surface area (Å²) >= 11 is 0. The normalized spacial score (nSPS) is 15.0. The lowest BCUT2D eigenvalue weighted by Crippen LogP contribution is -2.38. The van der Waals surface area contributed by atoms with Gasteiger partial charge in [-0.2, -0.15) is 5.10 Å². The summed E-state index contributed by atoms with van der Waals surface area (Å²) in [5.74, 6) is 2.02. The molecular weight excluding hydrogens is 657 g/mol. The van der Waals surface area contributed by atoms with Gasteiger partial charge in [0.2, 0.25) is 15.8 Å². The molecule has 272 valence electrons. The van der Waals surface area contributed by atoms with Crippen LogP contribution >= 0.6 is 0 Å². The molecule has 0 aliphatic carbocycles. The number of carbonyl (C=O) groups excluding carboxylic acids is 1. The molecule has 2 N–H and O–H groups in total. The Morgan fingerprint density at radius 1 is 1.08 bits per heavy atom. The van der Waals surface area contributed by atoms with Gasteiger partial charge in [-0.25, -0.2) is 23.1 Å². The van der Waals surface area contributed by atoms with E-state index < -0.39 is 16.1 Å². The summed E-state index contributed by atoms with van der Waals surface area (Å²) in [4.78, 5) is 26.5. The van der Waals surface area contributed by atoms with E-state index in [1.165, 1.54) is 4.79 Å². The van der Waals surface area contributed by atoms with E-state index in [1.54, 1.807) is 19.1 Å². The molecule has 1 aliphatic rings. The number of amides is 1. The number of aliphatic imine (C=N–C) groups is 1. The molecule has 1 amide bonds. The van der Waals surface area contributed by atoms with Crippen molar-refractivity contribution in [3.8, 4) is 11.5 Å². The van der Waals surface area contributed by atoms with E-state index in [-0.39, 0.29) is 17.2 Å². The number of nitrogens with zero attached hydrogens (tertiary/aromatic N) is 6. The summed E-state index contributed by atoms with van der Waals surface area (Å²) in [6.45, 7) is 18.6. The van der Waals surface area contributed by atoms with Crippen molar-refractivity contribution in [2.75, 3.05) is 43.9 Å². The number of ether oxygens (including phenoxy) is 2. The minimum atomic E-state index is -3.26. The van der Waals surface area contributed by atoms with Gasteiger partial charge in [0.25, 0.3) is 5.91 Å². The minimum absolute atomic E-state index is 0.198. The van der Waals surface area contributed by atoms with Crippen LogP contribution in [0.3, 0.4) is 0 Å². The van der Waals surface area contributed by atoms with Gasteiger partial charge in [-0.15, -0.1) is 9.89 Å². The molecule has 2 aromatic carbocycles. The second-order valence-electron chi connectivity index (χ2n) is 13.6. The van der Waals surface area contributed by atoms with E-state index in [4.69, 9.17) is 24.6 Å². The number of benzene rings is 2. The molecule has 0 saturated heterocycles. The number of anilines is 1. The van der Waals surface area contributed by atoms with Gasteiger partial charge in [0.15, 0.2) is 11.9 Å². The summed E-state index contributed by atoms with van der Waals surface area (Å²) in [6, 6.07) is 13.3. The Bertz CT molecular complexity index is 1800. The number of hydrogen-bond donors (Lipinski definition) is 2. The Morgan fingerprint density at radius 2 is 1.78 bits per heavy atom. The van der Waals surface area contributed by atoms with Crippen molar-refractivity contribution in [2.45, 2.75) is 80.3 Å². The largest absolute Gasteiger partial charge is 0.494 e. The third-order valence-electron chi connectivity index (χ3n) is 8.15. The number of sulfonamides is 1. The molecule has 14 heteroatoms. The highest BCUT2D eigenvalue weighted by Gasteiger charge is 2.35. The van der Waals surface area contributed by atoms with Crippen LogP contribution in [-0.2, 0) is 14.8 Å². The van der Waals surface area contributed by atoms with Crippen LogP contribution in [0.5, 0.6) is 11.5 Å². The fourth-order valence-electron chi connectivity index (χ4n) is 5.22. The van der Waals surface area contributed by atoms with Crippen LogP contribution in [0.1, 0.15) is 84.4 Å². The van der Waals surface area contributed by atoms with Crippen molar-refractivity contribution < 1.29 is 22.7 Å². The summed E-state index contributed by atoms with van der Waals surface area (Å²) in [7, 11) is -3.26. The van der Waals surface area contributed by atoms with Crippen LogP contribution in [0.2, 0.25) is 0 Å². The topological polar surface area (TPSA) is 152 Å². The maximum absolute atomic E-state index is 12.9. The zero-order valence-electron chi connectivity index (χ0n) is 30.8. The highest BCUT2D eigenvalue weighted by molar-refractivity contribution is 7.88. The van der Waals surface area contributed by atoms with Crippen LogP contribution in [-0.4, -0.2) is 85.8 Å². The van der Waals surface area contributed by atoms with E-state index in [0.717, 1.165) is 54.0 Å². The van der Waals surface area contributed by atoms with Crippen molar-refractivity contribution >= 4 is 38.7 Å². The lowest BCUT2D eigenvalue weighted by atomic mass is 9.87. The highest BCUT2D eigenvalue weighted by atomic mass is 32.2. The molecule has 0 radical (unpaired) electrons. The number of hydrogen-bond acceptors (Lipinski definition) is 10. The molecule has 0 fully saturated rings. The summed E-state index contributed by atoms with van der Waals surface area (Å²) in [5, 5.41) is 12.4. The maximum atomic E-state index is 12.9. The van der Waals surface area contributed by atoms with E-state index in [0.29, 0.717) is 49.4 Å². The molecule has 50 heavy (non-hydrogen) atoms. The number of aromatic nitrogens is 3. The average Bonchev–Trinajstić information content (AvgIpc) is 3.62. The highest BCUT2D eigenvalue weighted by Crippen LogP contribution is 2.30. The predicted octanol–water partition coefficient (Wildman–Crippen LogP) is 5.21. The molecule has 13 nitrogen and oxygen atoms in total. The van der Waals surface area contributed by atoms with Gasteiger partial charge in [-0.05, 0) is 75.2 Å². The monoisotopic (exact) mass is 708 g/mol. The number of rotatable bonds is 17. The van der Waals surface area contributed by atoms with E-state index in [2.05, 4.69) is 53.8 Å². The first kappa shape index (κ1) is 38.5. The van der Waals surface area contributed by atoms with Crippen LogP contribution in [0.15, 0.2) is 52.6 Å². The summed E-state index contributed by atoms with van der Waals surface area (Å²) in [5.41, 5.74) is 3.82. The number of nitrogens with one attached hydrogen (secondary N) is 2. The standard InChI is InChI=1S/C36H52N8O5S/c1-10-12-21-48-28-14-16-29(17-15-28)49-26(5)35(45)37-23-25(4)33-40-34-31(32(36(6,7)8)41-44(34)42-33)39-30-18-13-27(22-24(30)3)43(11-2)20-19-38-50(9,46)47/h13-18,22,25-26,38H,10-12,19-21,23H2,1-9H3,(H,37,45). The zero-order valence-corrected chi connectivity index (χ0v) is 31.6. The number of carbonyl (C=O) groups is 1. The molecule has 2 atom stereocenters. The summed E-state index contributed by atoms with van der Waals surface area (Å²) < 4.78 is 37.1. The lowest BCUT2D eigenvalue weighted by Gasteiger charge is -2.24. The zero-order chi connectivity index (χ0) is 36.6. The van der Waals surface area contributed by atoms with E-state index >= 15 is 0 Å². The third-order valence-corrected chi connectivity index (χ3v) is 8.88. The molecule has 2 unspecified atom stereocenters. The van der Waals surface area contributed by atoms with Gasteiger partial charge in [0.1, 0.15) is 17.2 Å². The lowest BCUT2D eigenvalue weighted by molar-refractivity contribution is -0.127. The van der Waals surface area contributed by atoms with E-state index in [1.807, 2.05) is 45.0 Å². The number of unbranched alkanes of at least 4 members (excludes halogenated alkanes) is 1. The van der Waals surface area contributed by atoms with Gasteiger partial charge in [0, 0.05) is 43.2 Å². The Kier molecular flexibility index (Phi) is 12.8.